The standard InChI is InChI=1S/2ClO3.2O.W/c2*2-1(3)4;;;/q2*-1;2*-2;+6. The van der Waals surface area contributed by atoms with Crippen LogP contribution in [0.3, 0.4) is 0 Å². The van der Waals surface area contributed by atoms with Gasteiger partial charge in [-0.2, -0.15) is 0 Å². The zero-order chi connectivity index (χ0) is 7.15. The summed E-state index contributed by atoms with van der Waals surface area (Å²) >= 11 is 0. The third-order valence-electron chi connectivity index (χ3n) is 0. The van der Waals surface area contributed by atoms with Crippen LogP contribution in [0.15, 0.2) is 0 Å². The molecule has 0 heterocycles. The normalized spacial score (nSPS) is 6.55. The molecule has 0 N–H and O–H groups in total. The minimum atomic E-state index is -2.85. The molecule has 0 spiro atoms. The van der Waals surface area contributed by atoms with Crippen LogP contribution in [0, 0.1) is 21.6 Å². The molecule has 0 radical (unpaired) electrons. The first-order valence-electron chi connectivity index (χ1n) is 0.926. The van der Waals surface area contributed by atoms with E-state index >= 15 is 0 Å². The van der Waals surface area contributed by atoms with Crippen molar-refractivity contribution in [2.24, 2.45) is 0 Å². The summed E-state index contributed by atoms with van der Waals surface area (Å²) in [6, 6.07) is 0. The summed E-state index contributed by atoms with van der Waals surface area (Å²) in [7, 11) is -5.70. The quantitative estimate of drug-likeness (QED) is 0.398. The zero-order valence-electron chi connectivity index (χ0n) is 4.43. The fraction of sp³-hybridized carbons (Fsp3) is 0. The Bertz CT molecular complexity index is 27.6. The van der Waals surface area contributed by atoms with Gasteiger partial charge in [0, 0.05) is 0 Å². The first-order valence-corrected chi connectivity index (χ1v) is 2.78. The average Bonchev–Trinajstić information content (AvgIpc) is 1.25. The Labute approximate surface area is 81.8 Å². The van der Waals surface area contributed by atoms with Gasteiger partial charge in [-0.3, -0.25) is 0 Å². The monoisotopic (exact) mass is 382 g/mol. The molecule has 0 aliphatic carbocycles. The van der Waals surface area contributed by atoms with Crippen LogP contribution in [-0.4, -0.2) is 0 Å². The van der Waals surface area contributed by atoms with Crippen LogP contribution in [0.1, 0.15) is 0 Å². The Kier molecular flexibility index (Phi) is 60.5. The van der Waals surface area contributed by atoms with Crippen LogP contribution in [0.25, 0.3) is 0 Å². The largest absolute Gasteiger partial charge is 6.00 e. The molecule has 0 aliphatic heterocycles. The Hall–Kier alpha value is 0.948. The van der Waals surface area contributed by atoms with Crippen LogP contribution in [0.4, 0.5) is 0 Å². The van der Waals surface area contributed by atoms with Crippen LogP contribution < -0.4 is 28.0 Å². The molecule has 0 saturated carbocycles. The van der Waals surface area contributed by atoms with Gasteiger partial charge in [-0.25, -0.2) is 0 Å². The van der Waals surface area contributed by atoms with Crippen LogP contribution in [0.5, 0.6) is 0 Å². The molecule has 0 aromatic carbocycles. The summed E-state index contributed by atoms with van der Waals surface area (Å²) < 4.78 is 50.4. The molecule has 0 amide bonds. The third-order valence-corrected chi connectivity index (χ3v) is 0. The molecule has 0 rings (SSSR count). The summed E-state index contributed by atoms with van der Waals surface area (Å²) in [6.07, 6.45) is 0. The summed E-state index contributed by atoms with van der Waals surface area (Å²) in [5, 5.41) is 0. The van der Waals surface area contributed by atoms with Crippen molar-refractivity contribution in [3.63, 3.8) is 0 Å². The summed E-state index contributed by atoms with van der Waals surface area (Å²) in [5.41, 5.74) is 0. The SMILES string of the molecule is [O-2].[O-2].[O-][Cl+2]([O-])[O-].[O-][Cl+2]([O-])[O-].[W+6]. The van der Waals surface area contributed by atoms with Gasteiger partial charge in [0.2, 0.25) is 0 Å². The molecule has 0 atom stereocenters. The maximum atomic E-state index is 8.41. The van der Waals surface area contributed by atoms with Crippen molar-refractivity contribution in [3.05, 3.63) is 0 Å². The topological polar surface area (TPSA) is 195 Å². The number of rotatable bonds is 0. The molecule has 0 aromatic rings. The van der Waals surface area contributed by atoms with Crippen molar-refractivity contribution in [1.82, 2.24) is 0 Å². The molecule has 8 nitrogen and oxygen atoms in total. The number of halogens is 2. The van der Waals surface area contributed by atoms with E-state index in [1.807, 2.05) is 0 Å². The van der Waals surface area contributed by atoms with Gasteiger partial charge in [0.05, 0.1) is 21.6 Å². The van der Waals surface area contributed by atoms with Crippen molar-refractivity contribution in [2.45, 2.75) is 0 Å². The van der Waals surface area contributed by atoms with Gasteiger partial charge >= 0.3 is 21.1 Å². The zero-order valence-corrected chi connectivity index (χ0v) is 8.88. The van der Waals surface area contributed by atoms with Gasteiger partial charge in [0.1, 0.15) is 0 Å². The average molecular weight is 383 g/mol. The number of hydrogen-bond donors (Lipinski definition) is 0. The molecule has 0 aromatic heterocycles. The van der Waals surface area contributed by atoms with Gasteiger partial charge in [-0.05, 0) is 0 Å². The Morgan fingerprint density at radius 1 is 0.545 bits per heavy atom. The number of hydrogen-bond acceptors (Lipinski definition) is 6. The van der Waals surface area contributed by atoms with Crippen molar-refractivity contribution in [3.8, 4) is 0 Å². The van der Waals surface area contributed by atoms with Gasteiger partial charge < -0.3 is 38.9 Å². The molecule has 11 heteroatoms. The predicted molar refractivity (Wildman–Crippen MR) is 1.37 cm³/mol. The summed E-state index contributed by atoms with van der Waals surface area (Å²) in [6.45, 7) is 0. The fourth-order valence-corrected chi connectivity index (χ4v) is 0. The maximum absolute atomic E-state index is 8.41. The van der Waals surface area contributed by atoms with E-state index in [9.17, 15) is 0 Å². The van der Waals surface area contributed by atoms with Crippen molar-refractivity contribution in [2.75, 3.05) is 0 Å². The van der Waals surface area contributed by atoms with Crippen LogP contribution in [0.2, 0.25) is 0 Å². The van der Waals surface area contributed by atoms with E-state index in [4.69, 9.17) is 28.0 Å². The summed E-state index contributed by atoms with van der Waals surface area (Å²) in [5.74, 6) is 0. The molecular formula is Cl2O8W. The molecule has 0 fully saturated rings. The minimum absolute atomic E-state index is 0. The van der Waals surface area contributed by atoms with E-state index in [0.717, 1.165) is 0 Å². The van der Waals surface area contributed by atoms with Crippen molar-refractivity contribution >= 4 is 0 Å². The van der Waals surface area contributed by atoms with Gasteiger partial charge in [0.15, 0.2) is 0 Å². The van der Waals surface area contributed by atoms with E-state index in [1.54, 1.807) is 0 Å². The second-order valence-corrected chi connectivity index (χ2v) is 1.13. The minimum Gasteiger partial charge on any atom is -2.00 e. The molecule has 0 saturated heterocycles. The van der Waals surface area contributed by atoms with E-state index in [0.29, 0.717) is 0 Å². The second-order valence-electron chi connectivity index (χ2n) is 0.378. The molecule has 0 aliphatic rings. The predicted octanol–water partition coefficient (Wildman–Crippen LogP) is -7.37. The van der Waals surface area contributed by atoms with Gasteiger partial charge in [-0.15, -0.1) is 0 Å². The Balaban J connectivity index is -0.0000000171. The van der Waals surface area contributed by atoms with Gasteiger partial charge in [-0.1, -0.05) is 0 Å². The molecule has 0 unspecified atom stereocenters. The summed E-state index contributed by atoms with van der Waals surface area (Å²) in [4.78, 5) is 0. The van der Waals surface area contributed by atoms with E-state index in [1.165, 1.54) is 0 Å². The molecule has 68 valence electrons. The Morgan fingerprint density at radius 3 is 0.545 bits per heavy atom. The first kappa shape index (κ1) is 29.7. The second kappa shape index (κ2) is 22.4. The van der Waals surface area contributed by atoms with Crippen molar-refractivity contribution in [1.29, 1.82) is 0 Å². The van der Waals surface area contributed by atoms with Crippen LogP contribution in [-0.2, 0) is 32.0 Å². The van der Waals surface area contributed by atoms with Crippen molar-refractivity contribution < 1.29 is 81.5 Å². The molecular weight excluding hydrogens is 383 g/mol. The first-order chi connectivity index (χ1) is 3.46. The smallest absolute Gasteiger partial charge is 2.00 e. The van der Waals surface area contributed by atoms with Crippen LogP contribution >= 0.6 is 0 Å². The van der Waals surface area contributed by atoms with E-state index < -0.39 is 21.6 Å². The third kappa shape index (κ3) is 975. The maximum Gasteiger partial charge on any atom is 6.00 e. The van der Waals surface area contributed by atoms with Gasteiger partial charge in [0.25, 0.3) is 0 Å². The fourth-order valence-electron chi connectivity index (χ4n) is 0. The van der Waals surface area contributed by atoms with E-state index in [-0.39, 0.29) is 32.0 Å². The Morgan fingerprint density at radius 2 is 0.545 bits per heavy atom. The molecule has 0 bridgehead atoms. The van der Waals surface area contributed by atoms with E-state index in [2.05, 4.69) is 0 Å². The molecule has 11 heavy (non-hydrogen) atoms.